The summed E-state index contributed by atoms with van der Waals surface area (Å²) in [5, 5.41) is 0. The van der Waals surface area contributed by atoms with Crippen LogP contribution in [0.2, 0.25) is 39.3 Å². The van der Waals surface area contributed by atoms with Crippen LogP contribution in [0.25, 0.3) is 0 Å². The molecule has 4 unspecified atom stereocenters. The standard InChI is InChI=1S/2C14H28OSSi/c2*1-8-13-9-11(2)14(16-4,12(3)10-13)15-17(5,6)7/h2*8,11-12H,9-10H2,1-7H3. The van der Waals surface area contributed by atoms with E-state index in [9.17, 15) is 0 Å². The van der Waals surface area contributed by atoms with Gasteiger partial charge in [-0.3, -0.25) is 0 Å². The molecule has 34 heavy (non-hydrogen) atoms. The molecule has 0 radical (unpaired) electrons. The summed E-state index contributed by atoms with van der Waals surface area (Å²) in [6, 6.07) is 0. The molecule has 2 aliphatic carbocycles. The molecule has 0 aromatic carbocycles. The molecule has 6 heteroatoms. The minimum Gasteiger partial charge on any atom is -0.403 e. The molecule has 2 fully saturated rings. The molecule has 0 N–H and O–H groups in total. The fourth-order valence-electron chi connectivity index (χ4n) is 6.00. The van der Waals surface area contributed by atoms with Crippen LogP contribution in [0.4, 0.5) is 0 Å². The molecule has 0 saturated heterocycles. The van der Waals surface area contributed by atoms with E-state index in [0.717, 1.165) is 0 Å². The monoisotopic (exact) mass is 544 g/mol. The Morgan fingerprint density at radius 3 is 1.00 bits per heavy atom. The highest BCUT2D eigenvalue weighted by Crippen LogP contribution is 2.51. The number of hydrogen-bond donors (Lipinski definition) is 0. The maximum atomic E-state index is 6.61. The van der Waals surface area contributed by atoms with E-state index in [2.05, 4.69) is 105 Å². The third kappa shape index (κ3) is 8.27. The molecule has 0 heterocycles. The summed E-state index contributed by atoms with van der Waals surface area (Å²) in [6.45, 7) is 27.6. The molecule has 2 saturated carbocycles. The molecule has 0 aromatic heterocycles. The van der Waals surface area contributed by atoms with E-state index in [0.29, 0.717) is 23.7 Å². The lowest BCUT2D eigenvalue weighted by Crippen LogP contribution is -2.51. The van der Waals surface area contributed by atoms with E-state index in [1.54, 1.807) is 11.1 Å². The van der Waals surface area contributed by atoms with E-state index < -0.39 is 16.6 Å². The van der Waals surface area contributed by atoms with Gasteiger partial charge in [-0.1, -0.05) is 51.0 Å². The van der Waals surface area contributed by atoms with Crippen molar-refractivity contribution < 1.29 is 8.85 Å². The summed E-state index contributed by atoms with van der Waals surface area (Å²) in [5.74, 6) is 2.44. The van der Waals surface area contributed by atoms with Crippen LogP contribution in [-0.4, -0.2) is 39.0 Å². The third-order valence-corrected chi connectivity index (χ3v) is 12.7. The van der Waals surface area contributed by atoms with Gasteiger partial charge in [0.1, 0.15) is 9.87 Å². The van der Waals surface area contributed by atoms with Gasteiger partial charge in [0.05, 0.1) is 0 Å². The van der Waals surface area contributed by atoms with Crippen molar-refractivity contribution in [2.75, 3.05) is 12.5 Å². The van der Waals surface area contributed by atoms with Crippen molar-refractivity contribution in [3.8, 4) is 0 Å². The van der Waals surface area contributed by atoms with Gasteiger partial charge in [-0.25, -0.2) is 0 Å². The van der Waals surface area contributed by atoms with Crippen LogP contribution in [0, 0.1) is 23.7 Å². The Kier molecular flexibility index (Phi) is 12.3. The molecular formula is C28H56O2S2Si2. The van der Waals surface area contributed by atoms with Gasteiger partial charge in [0.25, 0.3) is 0 Å². The minimum absolute atomic E-state index is 0.0387. The number of hydrogen-bond acceptors (Lipinski definition) is 4. The van der Waals surface area contributed by atoms with E-state index in [4.69, 9.17) is 8.85 Å². The Morgan fingerprint density at radius 1 is 0.618 bits per heavy atom. The maximum absolute atomic E-state index is 6.61. The Labute approximate surface area is 224 Å². The summed E-state index contributed by atoms with van der Waals surface area (Å²) in [6.07, 6.45) is 13.8. The number of rotatable bonds is 6. The summed E-state index contributed by atoms with van der Waals surface area (Å²) in [7, 11) is -2.99. The molecule has 2 aliphatic rings. The lowest BCUT2D eigenvalue weighted by molar-refractivity contribution is 0.0316. The fraction of sp³-hybridized carbons (Fsp3) is 0.857. The predicted molar refractivity (Wildman–Crippen MR) is 164 cm³/mol. The molecule has 4 atom stereocenters. The topological polar surface area (TPSA) is 18.5 Å². The molecule has 0 amide bonds. The zero-order valence-corrected chi connectivity index (χ0v) is 28.6. The lowest BCUT2D eigenvalue weighted by Gasteiger charge is -2.50. The zero-order chi connectivity index (χ0) is 26.5. The first-order valence-electron chi connectivity index (χ1n) is 13.3. The van der Waals surface area contributed by atoms with E-state index in [1.807, 2.05) is 23.5 Å². The fourth-order valence-corrected chi connectivity index (χ4v) is 12.8. The molecule has 200 valence electrons. The van der Waals surface area contributed by atoms with Gasteiger partial charge in [0.15, 0.2) is 16.6 Å². The van der Waals surface area contributed by atoms with Crippen molar-refractivity contribution in [1.29, 1.82) is 0 Å². The van der Waals surface area contributed by atoms with Crippen molar-refractivity contribution in [2.45, 2.75) is 116 Å². The smallest absolute Gasteiger partial charge is 0.185 e. The summed E-state index contributed by atoms with van der Waals surface area (Å²) < 4.78 is 13.2. The normalized spacial score (nSPS) is 34.9. The van der Waals surface area contributed by atoms with Gasteiger partial charge in [0.2, 0.25) is 0 Å². The number of allylic oxidation sites excluding steroid dienone is 4. The Bertz CT molecular complexity index is 618. The van der Waals surface area contributed by atoms with Crippen molar-refractivity contribution in [2.24, 2.45) is 23.7 Å². The Hall–Kier alpha value is 0.534. The van der Waals surface area contributed by atoms with Crippen molar-refractivity contribution in [3.63, 3.8) is 0 Å². The van der Waals surface area contributed by atoms with E-state index in [1.165, 1.54) is 25.7 Å². The average molecular weight is 545 g/mol. The maximum Gasteiger partial charge on any atom is 0.185 e. The van der Waals surface area contributed by atoms with Gasteiger partial charge in [-0.05, 0) is 115 Å². The van der Waals surface area contributed by atoms with Gasteiger partial charge in [-0.2, -0.15) is 0 Å². The van der Waals surface area contributed by atoms with Gasteiger partial charge >= 0.3 is 0 Å². The lowest BCUT2D eigenvalue weighted by atomic mass is 9.77. The molecule has 0 bridgehead atoms. The summed E-state index contributed by atoms with van der Waals surface area (Å²) in [5.41, 5.74) is 3.21. The second kappa shape index (κ2) is 12.9. The van der Waals surface area contributed by atoms with Crippen LogP contribution in [0.3, 0.4) is 0 Å². The molecule has 0 spiro atoms. The summed E-state index contributed by atoms with van der Waals surface area (Å²) in [4.78, 5) is 0.0773. The second-order valence-electron chi connectivity index (χ2n) is 12.6. The molecule has 2 rings (SSSR count). The second-order valence-corrected chi connectivity index (χ2v) is 23.5. The largest absolute Gasteiger partial charge is 0.403 e. The molecule has 0 aromatic rings. The first-order valence-corrected chi connectivity index (χ1v) is 22.6. The van der Waals surface area contributed by atoms with Crippen LogP contribution < -0.4 is 0 Å². The first-order chi connectivity index (χ1) is 15.5. The highest BCUT2D eigenvalue weighted by atomic mass is 32.2. The zero-order valence-electron chi connectivity index (χ0n) is 24.9. The number of thioether (sulfide) groups is 2. The highest BCUT2D eigenvalue weighted by molar-refractivity contribution is 8.00. The molecular weight excluding hydrogens is 489 g/mol. The highest BCUT2D eigenvalue weighted by Gasteiger charge is 2.48. The van der Waals surface area contributed by atoms with Crippen LogP contribution >= 0.6 is 23.5 Å². The van der Waals surface area contributed by atoms with Gasteiger partial charge in [-0.15, -0.1) is 23.5 Å². The quantitative estimate of drug-likeness (QED) is 0.188. The van der Waals surface area contributed by atoms with Crippen LogP contribution in [0.1, 0.15) is 67.2 Å². The van der Waals surface area contributed by atoms with Crippen molar-refractivity contribution in [1.82, 2.24) is 0 Å². The van der Waals surface area contributed by atoms with Crippen LogP contribution in [-0.2, 0) is 8.85 Å². The molecule has 0 aliphatic heterocycles. The predicted octanol–water partition coefficient (Wildman–Crippen LogP) is 9.82. The Morgan fingerprint density at radius 2 is 0.853 bits per heavy atom. The third-order valence-electron chi connectivity index (χ3n) is 7.41. The van der Waals surface area contributed by atoms with Gasteiger partial charge < -0.3 is 8.85 Å². The van der Waals surface area contributed by atoms with Crippen LogP contribution in [0.5, 0.6) is 0 Å². The average Bonchev–Trinajstić information content (AvgIpc) is 2.71. The SMILES string of the molecule is CC=C1CC(C)C(O[Si](C)(C)C)(SC)C(C)C1.CC=C1CC(C)C(O[Si](C)(C)C)(SC)C(C)C1. The minimum atomic E-state index is -1.49. The van der Waals surface area contributed by atoms with Crippen LogP contribution in [0.15, 0.2) is 23.3 Å². The first kappa shape index (κ1) is 32.6. The van der Waals surface area contributed by atoms with Gasteiger partial charge in [0, 0.05) is 0 Å². The van der Waals surface area contributed by atoms with Crippen molar-refractivity contribution >= 4 is 40.2 Å². The summed E-state index contributed by atoms with van der Waals surface area (Å²) >= 11 is 3.87. The van der Waals surface area contributed by atoms with E-state index in [-0.39, 0.29) is 9.87 Å². The van der Waals surface area contributed by atoms with Crippen molar-refractivity contribution in [3.05, 3.63) is 23.3 Å². The van der Waals surface area contributed by atoms with E-state index >= 15 is 0 Å². The Balaban J connectivity index is 0.000000340. The molecule has 2 nitrogen and oxygen atoms in total.